The number of nitrogens with one attached hydrogen (secondary N) is 1. The van der Waals surface area contributed by atoms with E-state index in [1.165, 1.54) is 5.01 Å². The molecular formula is C20H21ClN4O2. The Morgan fingerprint density at radius 2 is 1.78 bits per heavy atom. The maximum atomic E-state index is 12.7. The van der Waals surface area contributed by atoms with E-state index >= 15 is 0 Å². The molecule has 0 fully saturated rings. The molecule has 0 aliphatic carbocycles. The van der Waals surface area contributed by atoms with Crippen LogP contribution in [0.15, 0.2) is 59.7 Å². The first kappa shape index (κ1) is 18.9. The molecule has 1 atom stereocenters. The molecule has 0 saturated heterocycles. The number of primary amides is 1. The third kappa shape index (κ3) is 3.95. The van der Waals surface area contributed by atoms with Crippen molar-refractivity contribution in [2.45, 2.75) is 13.8 Å². The third-order valence-electron chi connectivity index (χ3n) is 4.82. The zero-order chi connectivity index (χ0) is 19.6. The van der Waals surface area contributed by atoms with E-state index < -0.39 is 11.3 Å². The van der Waals surface area contributed by atoms with Gasteiger partial charge in [-0.05, 0) is 29.8 Å². The van der Waals surface area contributed by atoms with Gasteiger partial charge in [0.1, 0.15) is 0 Å². The van der Waals surface area contributed by atoms with Gasteiger partial charge in [-0.25, -0.2) is 9.80 Å². The molecule has 1 heterocycles. The van der Waals surface area contributed by atoms with Crippen LogP contribution in [0.5, 0.6) is 0 Å². The van der Waals surface area contributed by atoms with Gasteiger partial charge < -0.3 is 11.1 Å². The van der Waals surface area contributed by atoms with E-state index in [0.29, 0.717) is 16.4 Å². The summed E-state index contributed by atoms with van der Waals surface area (Å²) in [6.07, 6.45) is 0. The Balaban J connectivity index is 1.92. The number of nitrogens with two attached hydrogens (primary N) is 1. The third-order valence-corrected chi connectivity index (χ3v) is 5.07. The summed E-state index contributed by atoms with van der Waals surface area (Å²) in [5.41, 5.74) is 6.86. The van der Waals surface area contributed by atoms with Crippen LogP contribution in [0.1, 0.15) is 19.4 Å². The summed E-state index contributed by atoms with van der Waals surface area (Å²) < 4.78 is 0. The molecular weight excluding hydrogens is 364 g/mol. The number of urea groups is 1. The second kappa shape index (κ2) is 7.40. The Kier molecular flexibility index (Phi) is 5.19. The number of carbonyl (C=O) groups excluding carboxylic acids is 2. The van der Waals surface area contributed by atoms with Crippen LogP contribution in [0, 0.1) is 11.3 Å². The lowest BCUT2D eigenvalue weighted by molar-refractivity contribution is -0.127. The monoisotopic (exact) mass is 384 g/mol. The maximum Gasteiger partial charge on any atom is 0.342 e. The number of benzene rings is 2. The molecule has 7 heteroatoms. The predicted octanol–water partition coefficient (Wildman–Crippen LogP) is 3.72. The van der Waals surface area contributed by atoms with Crippen molar-refractivity contribution in [1.82, 2.24) is 5.01 Å². The molecule has 0 spiro atoms. The number of carbonyl (C=O) groups is 2. The molecule has 1 aliphatic rings. The van der Waals surface area contributed by atoms with Crippen molar-refractivity contribution >= 4 is 34.9 Å². The van der Waals surface area contributed by atoms with Gasteiger partial charge in [-0.15, -0.1) is 0 Å². The second-order valence-corrected chi connectivity index (χ2v) is 7.45. The Morgan fingerprint density at radius 1 is 1.15 bits per heavy atom. The molecule has 0 bridgehead atoms. The highest BCUT2D eigenvalue weighted by Crippen LogP contribution is 2.35. The number of nitrogens with zero attached hydrogens (tertiary/aromatic N) is 2. The molecule has 3 N–H and O–H groups in total. The van der Waals surface area contributed by atoms with E-state index in [-0.39, 0.29) is 18.5 Å². The lowest BCUT2D eigenvalue weighted by Crippen LogP contribution is -2.44. The summed E-state index contributed by atoms with van der Waals surface area (Å²) in [6, 6.07) is 15.9. The Morgan fingerprint density at radius 3 is 2.37 bits per heavy atom. The lowest BCUT2D eigenvalue weighted by Gasteiger charge is -2.29. The fraction of sp³-hybridized carbons (Fsp3) is 0.250. The molecule has 2 aromatic carbocycles. The van der Waals surface area contributed by atoms with Crippen molar-refractivity contribution in [3.8, 4) is 0 Å². The smallest absolute Gasteiger partial charge is 0.342 e. The van der Waals surface area contributed by atoms with Gasteiger partial charge in [0.15, 0.2) is 0 Å². The van der Waals surface area contributed by atoms with Gasteiger partial charge in [0.25, 0.3) is 0 Å². The largest absolute Gasteiger partial charge is 0.369 e. The topological polar surface area (TPSA) is 87.8 Å². The maximum absolute atomic E-state index is 12.7. The zero-order valence-corrected chi connectivity index (χ0v) is 15.9. The van der Waals surface area contributed by atoms with Crippen molar-refractivity contribution in [2.75, 3.05) is 11.9 Å². The number of hydrazone groups is 1. The molecule has 2 aromatic rings. The number of hydrogen-bond donors (Lipinski definition) is 2. The molecule has 0 saturated carbocycles. The van der Waals surface area contributed by atoms with Crippen molar-refractivity contribution in [3.63, 3.8) is 0 Å². The molecule has 27 heavy (non-hydrogen) atoms. The molecule has 140 valence electrons. The number of halogens is 1. The van der Waals surface area contributed by atoms with Gasteiger partial charge in [-0.2, -0.15) is 5.10 Å². The van der Waals surface area contributed by atoms with Crippen LogP contribution in [0.4, 0.5) is 10.5 Å². The lowest BCUT2D eigenvalue weighted by atomic mass is 9.74. The molecule has 0 radical (unpaired) electrons. The standard InChI is InChI=1S/C20H21ClN4O2/c1-20(2,18(22)26)16-12-25(19(27)23-15-6-4-3-5-7-15)24-17(16)13-8-10-14(21)11-9-13/h3-11,16H,12H2,1-2H3,(H2,22,26)(H,23,27). The first-order valence-corrected chi connectivity index (χ1v) is 8.94. The fourth-order valence-electron chi connectivity index (χ4n) is 2.96. The van der Waals surface area contributed by atoms with E-state index in [9.17, 15) is 9.59 Å². The summed E-state index contributed by atoms with van der Waals surface area (Å²) in [5.74, 6) is -0.780. The minimum atomic E-state index is -0.875. The van der Waals surface area contributed by atoms with Gasteiger partial charge in [0, 0.05) is 16.6 Å². The number of amides is 3. The van der Waals surface area contributed by atoms with Gasteiger partial charge in [-0.1, -0.05) is 55.8 Å². The van der Waals surface area contributed by atoms with E-state index in [2.05, 4.69) is 10.4 Å². The van der Waals surface area contributed by atoms with Gasteiger partial charge >= 0.3 is 6.03 Å². The molecule has 0 aromatic heterocycles. The Bertz CT molecular complexity index is 879. The quantitative estimate of drug-likeness (QED) is 0.841. The highest BCUT2D eigenvalue weighted by molar-refractivity contribution is 6.30. The van der Waals surface area contributed by atoms with Crippen LogP contribution in [0.2, 0.25) is 5.02 Å². The average Bonchev–Trinajstić information content (AvgIpc) is 3.09. The molecule has 6 nitrogen and oxygen atoms in total. The van der Waals surface area contributed by atoms with E-state index in [4.69, 9.17) is 17.3 Å². The normalized spacial score (nSPS) is 16.8. The summed E-state index contributed by atoms with van der Waals surface area (Å²) in [7, 11) is 0. The van der Waals surface area contributed by atoms with Gasteiger partial charge in [0.2, 0.25) is 5.91 Å². The SMILES string of the molecule is CC(C)(C(N)=O)C1CN(C(=O)Nc2ccccc2)N=C1c1ccc(Cl)cc1. The van der Waals surface area contributed by atoms with Crippen molar-refractivity contribution in [1.29, 1.82) is 0 Å². The highest BCUT2D eigenvalue weighted by Gasteiger charge is 2.44. The van der Waals surface area contributed by atoms with Crippen LogP contribution < -0.4 is 11.1 Å². The molecule has 1 unspecified atom stereocenters. The summed E-state index contributed by atoms with van der Waals surface area (Å²) in [5, 5.41) is 9.25. The molecule has 3 rings (SSSR count). The Hall–Kier alpha value is -2.86. The fourth-order valence-corrected chi connectivity index (χ4v) is 3.09. The van der Waals surface area contributed by atoms with Crippen molar-refractivity contribution < 1.29 is 9.59 Å². The highest BCUT2D eigenvalue weighted by atomic mass is 35.5. The number of rotatable bonds is 4. The average molecular weight is 385 g/mol. The zero-order valence-electron chi connectivity index (χ0n) is 15.1. The van der Waals surface area contributed by atoms with Crippen molar-refractivity contribution in [3.05, 3.63) is 65.2 Å². The number of para-hydroxylation sites is 1. The predicted molar refractivity (Wildman–Crippen MR) is 107 cm³/mol. The molecule has 1 aliphatic heterocycles. The Labute approximate surface area is 163 Å². The van der Waals surface area contributed by atoms with Gasteiger partial charge in [0.05, 0.1) is 17.7 Å². The minimum absolute atomic E-state index is 0.257. The summed E-state index contributed by atoms with van der Waals surface area (Å²) in [4.78, 5) is 24.7. The van der Waals surface area contributed by atoms with Crippen LogP contribution in [0.3, 0.4) is 0 Å². The van der Waals surface area contributed by atoms with E-state index in [1.54, 1.807) is 38.1 Å². The van der Waals surface area contributed by atoms with Gasteiger partial charge in [-0.3, -0.25) is 4.79 Å². The summed E-state index contributed by atoms with van der Waals surface area (Å²) in [6.45, 7) is 3.79. The summed E-state index contributed by atoms with van der Waals surface area (Å²) >= 11 is 5.98. The van der Waals surface area contributed by atoms with Crippen LogP contribution in [0.25, 0.3) is 0 Å². The number of anilines is 1. The first-order valence-electron chi connectivity index (χ1n) is 8.57. The van der Waals surface area contributed by atoms with E-state index in [1.807, 2.05) is 30.3 Å². The minimum Gasteiger partial charge on any atom is -0.369 e. The molecule has 3 amide bonds. The van der Waals surface area contributed by atoms with E-state index in [0.717, 1.165) is 5.56 Å². The first-order chi connectivity index (χ1) is 12.8. The van der Waals surface area contributed by atoms with Crippen LogP contribution >= 0.6 is 11.6 Å². The number of hydrogen-bond acceptors (Lipinski definition) is 3. The van der Waals surface area contributed by atoms with Crippen LogP contribution in [-0.2, 0) is 4.79 Å². The second-order valence-electron chi connectivity index (χ2n) is 7.01. The van der Waals surface area contributed by atoms with Crippen molar-refractivity contribution in [2.24, 2.45) is 22.2 Å². The van der Waals surface area contributed by atoms with Crippen LogP contribution in [-0.4, -0.2) is 29.2 Å².